The van der Waals surface area contributed by atoms with Crippen LogP contribution < -0.4 is 18.9 Å². The van der Waals surface area contributed by atoms with Gasteiger partial charge in [0, 0.05) is 31.9 Å². The first-order chi connectivity index (χ1) is 14.6. The molecule has 2 heterocycles. The summed E-state index contributed by atoms with van der Waals surface area (Å²) >= 11 is 0. The van der Waals surface area contributed by atoms with Crippen molar-refractivity contribution >= 4 is 11.7 Å². The van der Waals surface area contributed by atoms with E-state index >= 15 is 0 Å². The van der Waals surface area contributed by atoms with Crippen molar-refractivity contribution in [3.63, 3.8) is 0 Å². The molecule has 2 aliphatic rings. The fourth-order valence-electron chi connectivity index (χ4n) is 3.45. The second-order valence-electron chi connectivity index (χ2n) is 7.41. The van der Waals surface area contributed by atoms with Gasteiger partial charge < -0.3 is 23.8 Å². The Bertz CT molecular complexity index is 928. The number of nitrogens with zero attached hydrogens (tertiary/aromatic N) is 1. The van der Waals surface area contributed by atoms with E-state index in [-0.39, 0.29) is 30.6 Å². The minimum atomic E-state index is -0.244. The molecule has 0 aliphatic carbocycles. The first-order valence-corrected chi connectivity index (χ1v) is 10.2. The molecule has 2 aliphatic heterocycles. The van der Waals surface area contributed by atoms with Crippen LogP contribution in [0.2, 0.25) is 0 Å². The van der Waals surface area contributed by atoms with Crippen LogP contribution in [-0.4, -0.2) is 56.1 Å². The van der Waals surface area contributed by atoms with E-state index in [2.05, 4.69) is 0 Å². The molecule has 0 bridgehead atoms. The Hall–Kier alpha value is -3.22. The average Bonchev–Trinajstić information content (AvgIpc) is 3.02. The van der Waals surface area contributed by atoms with Gasteiger partial charge in [0.2, 0.25) is 5.91 Å². The molecule has 1 atom stereocenters. The number of rotatable bonds is 6. The van der Waals surface area contributed by atoms with Gasteiger partial charge in [-0.15, -0.1) is 0 Å². The van der Waals surface area contributed by atoms with Crippen molar-refractivity contribution in [2.45, 2.75) is 25.4 Å². The Morgan fingerprint density at radius 2 is 1.67 bits per heavy atom. The molecule has 2 aromatic carbocycles. The van der Waals surface area contributed by atoms with Crippen LogP contribution in [0.4, 0.5) is 0 Å². The van der Waals surface area contributed by atoms with E-state index < -0.39 is 0 Å². The van der Waals surface area contributed by atoms with Crippen LogP contribution in [0.5, 0.6) is 23.0 Å². The van der Waals surface area contributed by atoms with Gasteiger partial charge in [0.1, 0.15) is 6.61 Å². The third-order valence-corrected chi connectivity index (χ3v) is 5.11. The number of hydrogen-bond donors (Lipinski definition) is 0. The molecule has 0 unspecified atom stereocenters. The van der Waals surface area contributed by atoms with E-state index in [9.17, 15) is 9.59 Å². The van der Waals surface area contributed by atoms with Gasteiger partial charge in [0.25, 0.3) is 0 Å². The molecule has 0 N–H and O–H groups in total. The molecule has 0 fully saturated rings. The van der Waals surface area contributed by atoms with Crippen LogP contribution in [0.3, 0.4) is 0 Å². The second kappa shape index (κ2) is 9.07. The van der Waals surface area contributed by atoms with E-state index in [1.54, 1.807) is 30.1 Å². The molecule has 7 heteroatoms. The molecule has 0 spiro atoms. The molecular formula is C23H25NO6. The zero-order valence-electron chi connectivity index (χ0n) is 17.0. The van der Waals surface area contributed by atoms with Gasteiger partial charge in [-0.1, -0.05) is 12.1 Å². The molecule has 7 nitrogen and oxygen atoms in total. The molecule has 0 aromatic heterocycles. The number of ether oxygens (including phenoxy) is 4. The SMILES string of the molecule is CN(C[C@@H]1COc2ccccc2O1)C(=O)CCC(=O)c1ccc2c(c1)OCCCO2. The Kier molecular flexibility index (Phi) is 6.07. The summed E-state index contributed by atoms with van der Waals surface area (Å²) in [7, 11) is 1.71. The zero-order valence-corrected chi connectivity index (χ0v) is 17.0. The van der Waals surface area contributed by atoms with E-state index in [1.165, 1.54) is 0 Å². The monoisotopic (exact) mass is 411 g/mol. The Labute approximate surface area is 175 Å². The summed E-state index contributed by atoms with van der Waals surface area (Å²) in [6, 6.07) is 12.6. The van der Waals surface area contributed by atoms with Crippen LogP contribution in [0.1, 0.15) is 29.6 Å². The first kappa shape index (κ1) is 20.1. The predicted molar refractivity (Wildman–Crippen MR) is 110 cm³/mol. The Morgan fingerprint density at radius 1 is 0.933 bits per heavy atom. The van der Waals surface area contributed by atoms with Crippen molar-refractivity contribution in [1.82, 2.24) is 4.90 Å². The topological polar surface area (TPSA) is 74.3 Å². The number of ketones is 1. The van der Waals surface area contributed by atoms with Crippen molar-refractivity contribution in [1.29, 1.82) is 0 Å². The summed E-state index contributed by atoms with van der Waals surface area (Å²) in [5, 5.41) is 0. The van der Waals surface area contributed by atoms with Crippen molar-refractivity contribution in [3.8, 4) is 23.0 Å². The zero-order chi connectivity index (χ0) is 20.9. The quantitative estimate of drug-likeness (QED) is 0.680. The lowest BCUT2D eigenvalue weighted by molar-refractivity contribution is -0.131. The third kappa shape index (κ3) is 4.67. The summed E-state index contributed by atoms with van der Waals surface area (Å²) in [6.07, 6.45) is 0.827. The van der Waals surface area contributed by atoms with Gasteiger partial charge in [-0.25, -0.2) is 0 Å². The normalized spacial score (nSPS) is 17.0. The smallest absolute Gasteiger partial charge is 0.222 e. The fraction of sp³-hybridized carbons (Fsp3) is 0.391. The van der Waals surface area contributed by atoms with E-state index in [0.29, 0.717) is 54.9 Å². The number of para-hydroxylation sites is 2. The van der Waals surface area contributed by atoms with Gasteiger partial charge in [0.05, 0.1) is 19.8 Å². The van der Waals surface area contributed by atoms with Gasteiger partial charge in [-0.05, 0) is 30.3 Å². The minimum absolute atomic E-state index is 0.0985. The van der Waals surface area contributed by atoms with Crippen LogP contribution in [0.15, 0.2) is 42.5 Å². The van der Waals surface area contributed by atoms with Crippen LogP contribution in [0.25, 0.3) is 0 Å². The first-order valence-electron chi connectivity index (χ1n) is 10.2. The Morgan fingerprint density at radius 3 is 2.50 bits per heavy atom. The summed E-state index contributed by atoms with van der Waals surface area (Å²) in [5.41, 5.74) is 0.523. The van der Waals surface area contributed by atoms with Crippen LogP contribution in [-0.2, 0) is 4.79 Å². The molecule has 0 saturated carbocycles. The fourth-order valence-corrected chi connectivity index (χ4v) is 3.45. The largest absolute Gasteiger partial charge is 0.490 e. The van der Waals surface area contributed by atoms with Crippen molar-refractivity contribution < 1.29 is 28.5 Å². The highest BCUT2D eigenvalue weighted by Gasteiger charge is 2.24. The van der Waals surface area contributed by atoms with E-state index in [4.69, 9.17) is 18.9 Å². The maximum Gasteiger partial charge on any atom is 0.222 e. The summed E-state index contributed by atoms with van der Waals surface area (Å²) in [5.74, 6) is 2.41. The van der Waals surface area contributed by atoms with Gasteiger partial charge in [-0.3, -0.25) is 9.59 Å². The molecule has 30 heavy (non-hydrogen) atoms. The van der Waals surface area contributed by atoms with Gasteiger partial charge in [-0.2, -0.15) is 0 Å². The van der Waals surface area contributed by atoms with Crippen LogP contribution >= 0.6 is 0 Å². The number of Topliss-reactive ketones (excluding diaryl/α,β-unsaturated/α-hetero) is 1. The summed E-state index contributed by atoms with van der Waals surface area (Å²) < 4.78 is 22.8. The number of hydrogen-bond acceptors (Lipinski definition) is 6. The number of likely N-dealkylation sites (N-methyl/N-ethyl adjacent to an activating group) is 1. The number of carbonyl (C=O) groups excluding carboxylic acids is 2. The summed E-state index contributed by atoms with van der Waals surface area (Å²) in [6.45, 7) is 1.93. The molecular weight excluding hydrogens is 386 g/mol. The lowest BCUT2D eigenvalue weighted by Crippen LogP contribution is -2.41. The number of carbonyl (C=O) groups is 2. The van der Waals surface area contributed by atoms with Crippen molar-refractivity contribution in [3.05, 3.63) is 48.0 Å². The van der Waals surface area contributed by atoms with Gasteiger partial charge in [0.15, 0.2) is 34.9 Å². The van der Waals surface area contributed by atoms with Gasteiger partial charge >= 0.3 is 0 Å². The number of amides is 1. The summed E-state index contributed by atoms with van der Waals surface area (Å²) in [4.78, 5) is 26.7. The highest BCUT2D eigenvalue weighted by atomic mass is 16.6. The molecule has 4 rings (SSSR count). The maximum atomic E-state index is 12.6. The maximum absolute atomic E-state index is 12.6. The second-order valence-corrected chi connectivity index (χ2v) is 7.41. The minimum Gasteiger partial charge on any atom is -0.490 e. The molecule has 158 valence electrons. The van der Waals surface area contributed by atoms with Crippen LogP contribution in [0, 0.1) is 0 Å². The highest BCUT2D eigenvalue weighted by Crippen LogP contribution is 2.32. The standard InChI is InChI=1S/C23H25NO6/c1-24(14-17-15-29-19-5-2-3-6-21(19)30-17)23(26)10-8-18(25)16-7-9-20-22(13-16)28-12-4-11-27-20/h2-3,5-7,9,13,17H,4,8,10-12,14-15H2,1H3/t17-/m1/s1. The average molecular weight is 411 g/mol. The molecule has 0 radical (unpaired) electrons. The molecule has 0 saturated heterocycles. The highest BCUT2D eigenvalue weighted by molar-refractivity contribution is 5.98. The lowest BCUT2D eigenvalue weighted by atomic mass is 10.1. The van der Waals surface area contributed by atoms with E-state index in [0.717, 1.165) is 6.42 Å². The van der Waals surface area contributed by atoms with Crippen molar-refractivity contribution in [2.75, 3.05) is 33.4 Å². The van der Waals surface area contributed by atoms with Crippen molar-refractivity contribution in [2.24, 2.45) is 0 Å². The number of fused-ring (bicyclic) bond motifs is 2. The third-order valence-electron chi connectivity index (χ3n) is 5.11. The number of benzene rings is 2. The van der Waals surface area contributed by atoms with E-state index in [1.807, 2.05) is 24.3 Å². The molecule has 1 amide bonds. The lowest BCUT2D eigenvalue weighted by Gasteiger charge is -2.29. The molecule has 2 aromatic rings. The predicted octanol–water partition coefficient (Wildman–Crippen LogP) is 3.11. The Balaban J connectivity index is 1.28.